The molecule has 1 saturated heterocycles. The van der Waals surface area contributed by atoms with Crippen LogP contribution in [0.5, 0.6) is 0 Å². The summed E-state index contributed by atoms with van der Waals surface area (Å²) in [4.78, 5) is 11.3. The summed E-state index contributed by atoms with van der Waals surface area (Å²) in [6.45, 7) is 10.3. The lowest BCUT2D eigenvalue weighted by Crippen LogP contribution is -2.44. The number of nitrogens with zero attached hydrogens (tertiary/aromatic N) is 3. The Morgan fingerprint density at radius 1 is 1.50 bits per heavy atom. The first-order valence-corrected chi connectivity index (χ1v) is 9.49. The summed E-state index contributed by atoms with van der Waals surface area (Å²) in [6.07, 6.45) is 4.02. The first-order chi connectivity index (χ1) is 12.1. The number of hydrogen-bond donors (Lipinski definition) is 2. The third-order valence-corrected chi connectivity index (χ3v) is 4.23. The second-order valence-corrected chi connectivity index (χ2v) is 6.83. The Kier molecular flexibility index (Phi) is 11.2. The monoisotopic (exact) mass is 495 g/mol. The van der Waals surface area contributed by atoms with Gasteiger partial charge in [-0.05, 0) is 45.7 Å². The van der Waals surface area contributed by atoms with Crippen LogP contribution in [0.15, 0.2) is 23.3 Å². The molecular formula is C18H31ClIN5O. The van der Waals surface area contributed by atoms with Crippen LogP contribution in [0.2, 0.25) is 5.02 Å². The van der Waals surface area contributed by atoms with E-state index in [9.17, 15) is 0 Å². The molecule has 0 aliphatic carbocycles. The maximum atomic E-state index is 6.26. The Morgan fingerprint density at radius 3 is 3.00 bits per heavy atom. The number of ether oxygens (including phenoxy) is 1. The van der Waals surface area contributed by atoms with Crippen LogP contribution >= 0.6 is 35.6 Å². The summed E-state index contributed by atoms with van der Waals surface area (Å²) in [5.41, 5.74) is 0. The summed E-state index contributed by atoms with van der Waals surface area (Å²) < 4.78 is 5.56. The predicted octanol–water partition coefficient (Wildman–Crippen LogP) is 3.30. The summed E-state index contributed by atoms with van der Waals surface area (Å²) in [5.74, 6) is 1.73. The number of aromatic nitrogens is 1. The maximum Gasteiger partial charge on any atom is 0.191 e. The number of anilines is 1. The average Bonchev–Trinajstić information content (AvgIpc) is 3.03. The molecular weight excluding hydrogens is 465 g/mol. The molecule has 0 radical (unpaired) electrons. The van der Waals surface area contributed by atoms with E-state index in [2.05, 4.69) is 46.3 Å². The van der Waals surface area contributed by atoms with Gasteiger partial charge in [0.25, 0.3) is 0 Å². The smallest absolute Gasteiger partial charge is 0.191 e. The molecule has 0 spiro atoms. The molecule has 2 N–H and O–H groups in total. The van der Waals surface area contributed by atoms with Crippen molar-refractivity contribution in [1.29, 1.82) is 0 Å². The fraction of sp³-hybridized carbons (Fsp3) is 0.667. The highest BCUT2D eigenvalue weighted by Crippen LogP contribution is 2.25. The third kappa shape index (κ3) is 7.84. The molecule has 1 unspecified atom stereocenters. The molecule has 1 aromatic heterocycles. The number of hydrogen-bond acceptors (Lipinski definition) is 4. The first-order valence-electron chi connectivity index (χ1n) is 9.12. The highest BCUT2D eigenvalue weighted by Gasteiger charge is 2.25. The van der Waals surface area contributed by atoms with Crippen LogP contribution in [0.3, 0.4) is 0 Å². The van der Waals surface area contributed by atoms with Gasteiger partial charge in [-0.15, -0.1) is 24.0 Å². The van der Waals surface area contributed by atoms with Gasteiger partial charge < -0.3 is 20.3 Å². The van der Waals surface area contributed by atoms with Crippen molar-refractivity contribution in [2.24, 2.45) is 4.99 Å². The van der Waals surface area contributed by atoms with Crippen molar-refractivity contribution < 1.29 is 4.74 Å². The molecule has 1 atom stereocenters. The van der Waals surface area contributed by atoms with E-state index in [1.807, 2.05) is 12.1 Å². The Labute approximate surface area is 179 Å². The quantitative estimate of drug-likeness (QED) is 0.251. The standard InChI is InChI=1S/C18H30ClN5O.HI/c1-4-20-18(22-10-6-12-25-14(2)3)23-15-8-11-24(13-15)17-16(19)7-5-9-21-17;/h5,7,9,14-15H,4,6,8,10-13H2,1-3H3,(H2,20,22,23);1H. The molecule has 1 aromatic rings. The maximum absolute atomic E-state index is 6.26. The second-order valence-electron chi connectivity index (χ2n) is 6.42. The van der Waals surface area contributed by atoms with E-state index in [4.69, 9.17) is 16.3 Å². The van der Waals surface area contributed by atoms with Gasteiger partial charge in [-0.1, -0.05) is 11.6 Å². The van der Waals surface area contributed by atoms with Crippen molar-refractivity contribution in [3.63, 3.8) is 0 Å². The molecule has 2 heterocycles. The molecule has 26 heavy (non-hydrogen) atoms. The van der Waals surface area contributed by atoms with Gasteiger partial charge in [0.15, 0.2) is 5.96 Å². The van der Waals surface area contributed by atoms with E-state index < -0.39 is 0 Å². The van der Waals surface area contributed by atoms with Gasteiger partial charge in [-0.3, -0.25) is 4.99 Å². The zero-order valence-electron chi connectivity index (χ0n) is 15.9. The van der Waals surface area contributed by atoms with Crippen LogP contribution in [0, 0.1) is 0 Å². The molecule has 1 fully saturated rings. The van der Waals surface area contributed by atoms with E-state index in [0.29, 0.717) is 11.1 Å². The topological polar surface area (TPSA) is 61.8 Å². The van der Waals surface area contributed by atoms with Crippen molar-refractivity contribution in [3.8, 4) is 0 Å². The van der Waals surface area contributed by atoms with E-state index in [1.54, 1.807) is 6.20 Å². The molecule has 8 heteroatoms. The van der Waals surface area contributed by atoms with Crippen LogP contribution in [-0.2, 0) is 4.74 Å². The van der Waals surface area contributed by atoms with Crippen LogP contribution in [0.25, 0.3) is 0 Å². The summed E-state index contributed by atoms with van der Waals surface area (Å²) in [7, 11) is 0. The zero-order chi connectivity index (χ0) is 18.1. The number of nitrogens with one attached hydrogen (secondary N) is 2. The molecule has 0 amide bonds. The van der Waals surface area contributed by atoms with E-state index in [1.165, 1.54) is 0 Å². The highest BCUT2D eigenvalue weighted by atomic mass is 127. The fourth-order valence-electron chi connectivity index (χ4n) is 2.77. The van der Waals surface area contributed by atoms with Crippen LogP contribution in [0.1, 0.15) is 33.6 Å². The molecule has 148 valence electrons. The van der Waals surface area contributed by atoms with Crippen molar-refractivity contribution in [2.45, 2.75) is 45.8 Å². The fourth-order valence-corrected chi connectivity index (χ4v) is 3.01. The lowest BCUT2D eigenvalue weighted by Gasteiger charge is -2.20. The number of aliphatic imine (C=N–C) groups is 1. The zero-order valence-corrected chi connectivity index (χ0v) is 19.0. The summed E-state index contributed by atoms with van der Waals surface area (Å²) in [6, 6.07) is 4.08. The molecule has 0 aromatic carbocycles. The van der Waals surface area contributed by atoms with Gasteiger partial charge in [0.2, 0.25) is 0 Å². The van der Waals surface area contributed by atoms with Crippen LogP contribution in [0.4, 0.5) is 5.82 Å². The lowest BCUT2D eigenvalue weighted by molar-refractivity contribution is 0.0782. The molecule has 0 bridgehead atoms. The minimum atomic E-state index is 0. The van der Waals surface area contributed by atoms with Gasteiger partial charge in [0.05, 0.1) is 11.1 Å². The number of guanidine groups is 1. The van der Waals surface area contributed by atoms with E-state index in [-0.39, 0.29) is 30.1 Å². The summed E-state index contributed by atoms with van der Waals surface area (Å²) >= 11 is 6.26. The molecule has 0 saturated carbocycles. The number of rotatable bonds is 8. The molecule has 6 nitrogen and oxygen atoms in total. The minimum Gasteiger partial charge on any atom is -0.379 e. The Hall–Kier alpha value is -0.800. The van der Waals surface area contributed by atoms with E-state index >= 15 is 0 Å². The average molecular weight is 496 g/mol. The SMILES string of the molecule is CCNC(=NCCCOC(C)C)NC1CCN(c2ncccc2Cl)C1.I. The first kappa shape index (κ1) is 23.2. The van der Waals surface area contributed by atoms with Crippen molar-refractivity contribution in [1.82, 2.24) is 15.6 Å². The highest BCUT2D eigenvalue weighted by molar-refractivity contribution is 14.0. The third-order valence-electron chi connectivity index (χ3n) is 3.94. The van der Waals surface area contributed by atoms with Gasteiger partial charge in [-0.25, -0.2) is 4.98 Å². The van der Waals surface area contributed by atoms with Crippen molar-refractivity contribution in [2.75, 3.05) is 37.7 Å². The normalized spacial score (nSPS) is 17.3. The lowest BCUT2D eigenvalue weighted by atomic mass is 10.3. The predicted molar refractivity (Wildman–Crippen MR) is 120 cm³/mol. The van der Waals surface area contributed by atoms with Crippen LogP contribution < -0.4 is 15.5 Å². The minimum absolute atomic E-state index is 0. The molecule has 1 aliphatic heterocycles. The van der Waals surface area contributed by atoms with Gasteiger partial charge in [0, 0.05) is 45.0 Å². The van der Waals surface area contributed by atoms with Crippen molar-refractivity contribution >= 4 is 47.4 Å². The van der Waals surface area contributed by atoms with Crippen molar-refractivity contribution in [3.05, 3.63) is 23.4 Å². The number of pyridine rings is 1. The Morgan fingerprint density at radius 2 is 2.31 bits per heavy atom. The van der Waals surface area contributed by atoms with E-state index in [0.717, 1.165) is 57.4 Å². The Balaban J connectivity index is 0.00000338. The van der Waals surface area contributed by atoms with Gasteiger partial charge in [-0.2, -0.15) is 0 Å². The number of halogens is 2. The van der Waals surface area contributed by atoms with Gasteiger partial charge in [0.1, 0.15) is 5.82 Å². The largest absolute Gasteiger partial charge is 0.379 e. The molecule has 1 aliphatic rings. The van der Waals surface area contributed by atoms with Crippen LogP contribution in [-0.4, -0.2) is 55.9 Å². The van der Waals surface area contributed by atoms with Gasteiger partial charge >= 0.3 is 0 Å². The second kappa shape index (κ2) is 12.6. The molecule has 2 rings (SSSR count). The summed E-state index contributed by atoms with van der Waals surface area (Å²) in [5, 5.41) is 7.54. The Bertz CT molecular complexity index is 558.